The van der Waals surface area contributed by atoms with Crippen molar-refractivity contribution in [3.05, 3.63) is 83.3 Å². The summed E-state index contributed by atoms with van der Waals surface area (Å²) < 4.78 is 25.2. The minimum absolute atomic E-state index is 0.279. The first-order valence-electron chi connectivity index (χ1n) is 11.9. The van der Waals surface area contributed by atoms with Crippen molar-refractivity contribution in [2.24, 2.45) is 0 Å². The third-order valence-corrected chi connectivity index (χ3v) is 5.86. The Morgan fingerprint density at radius 3 is 2.38 bits per heavy atom. The number of furan rings is 1. The number of carbonyl (C=O) groups excluding carboxylic acids is 2. The van der Waals surface area contributed by atoms with Gasteiger partial charge in [-0.25, -0.2) is 14.2 Å². The maximum Gasteiger partial charge on any atom is 0.338 e. The zero-order valence-corrected chi connectivity index (χ0v) is 21.7. The Kier molecular flexibility index (Phi) is 6.99. The molecule has 0 bridgehead atoms. The predicted molar refractivity (Wildman–Crippen MR) is 143 cm³/mol. The Morgan fingerprint density at radius 2 is 1.76 bits per heavy atom. The lowest BCUT2D eigenvalue weighted by Crippen LogP contribution is -2.23. The van der Waals surface area contributed by atoms with E-state index in [0.717, 1.165) is 16.7 Å². The normalized spacial score (nSPS) is 12.0. The summed E-state index contributed by atoms with van der Waals surface area (Å²) in [5, 5.41) is 3.16. The summed E-state index contributed by atoms with van der Waals surface area (Å²) in [4.78, 5) is 30.5. The minimum atomic E-state index is -0.629. The first kappa shape index (κ1) is 25.8. The molecule has 2 heterocycles. The summed E-state index contributed by atoms with van der Waals surface area (Å²) in [5.74, 6) is -0.882. The van der Waals surface area contributed by atoms with Gasteiger partial charge in [0.25, 0.3) is 5.91 Å². The number of ether oxygens (including phenoxy) is 1. The lowest BCUT2D eigenvalue weighted by atomic mass is 9.96. The number of aromatic nitrogens is 1. The number of allylic oxidation sites excluding steroid dienone is 2. The standard InChI is InChI=1S/C30H29FN2O4/c1-7-17(2)25-22(19-9-8-10-20(15-19)29(35)37-30(3,4)5)16-23-24(27(34)32-6)26(36-28(23)33-25)18-11-13-21(31)14-12-18/h7-16H,1-6H3,(H,32,34)/b17-7+. The lowest BCUT2D eigenvalue weighted by Gasteiger charge is -2.19. The molecule has 190 valence electrons. The van der Waals surface area contributed by atoms with E-state index in [4.69, 9.17) is 14.1 Å². The Balaban J connectivity index is 1.97. The molecule has 0 atom stereocenters. The van der Waals surface area contributed by atoms with E-state index in [1.54, 1.807) is 30.3 Å². The van der Waals surface area contributed by atoms with E-state index in [1.165, 1.54) is 19.2 Å². The van der Waals surface area contributed by atoms with E-state index < -0.39 is 17.4 Å². The highest BCUT2D eigenvalue weighted by Gasteiger charge is 2.25. The number of nitrogens with zero attached hydrogens (tertiary/aromatic N) is 1. The van der Waals surface area contributed by atoms with Gasteiger partial charge in [-0.3, -0.25) is 4.79 Å². The lowest BCUT2D eigenvalue weighted by molar-refractivity contribution is 0.00694. The SMILES string of the molecule is C/C=C(\C)c1nc2oc(-c3ccc(F)cc3)c(C(=O)NC)c2cc1-c1cccc(C(=O)OC(C)(C)C)c1. The first-order chi connectivity index (χ1) is 17.5. The van der Waals surface area contributed by atoms with Gasteiger partial charge in [0.2, 0.25) is 5.71 Å². The second kappa shape index (κ2) is 10.0. The van der Waals surface area contributed by atoms with Crippen LogP contribution < -0.4 is 5.32 Å². The highest BCUT2D eigenvalue weighted by Crippen LogP contribution is 2.38. The number of carbonyl (C=O) groups is 2. The van der Waals surface area contributed by atoms with Crippen molar-refractivity contribution in [2.75, 3.05) is 7.05 Å². The second-order valence-electron chi connectivity index (χ2n) is 9.68. The number of fused-ring (bicyclic) bond motifs is 1. The molecule has 4 rings (SSSR count). The van der Waals surface area contributed by atoms with Gasteiger partial charge in [-0.15, -0.1) is 0 Å². The number of rotatable bonds is 5. The molecule has 0 fully saturated rings. The molecule has 6 nitrogen and oxygen atoms in total. The van der Waals surface area contributed by atoms with E-state index in [-0.39, 0.29) is 11.6 Å². The van der Waals surface area contributed by atoms with Gasteiger partial charge in [-0.1, -0.05) is 18.2 Å². The molecule has 0 saturated carbocycles. The molecule has 0 aliphatic carbocycles. The van der Waals surface area contributed by atoms with Gasteiger partial charge < -0.3 is 14.5 Å². The van der Waals surface area contributed by atoms with Gasteiger partial charge in [0.15, 0.2) is 0 Å². The van der Waals surface area contributed by atoms with Crippen LogP contribution in [-0.2, 0) is 4.74 Å². The van der Waals surface area contributed by atoms with Gasteiger partial charge in [-0.2, -0.15) is 0 Å². The maximum absolute atomic E-state index is 13.6. The van der Waals surface area contributed by atoms with Gasteiger partial charge in [0.1, 0.15) is 17.2 Å². The molecule has 1 N–H and O–H groups in total. The Labute approximate surface area is 215 Å². The molecule has 0 aliphatic heterocycles. The van der Waals surface area contributed by atoms with Crippen molar-refractivity contribution in [1.29, 1.82) is 0 Å². The first-order valence-corrected chi connectivity index (χ1v) is 11.9. The fourth-order valence-electron chi connectivity index (χ4n) is 3.99. The van der Waals surface area contributed by atoms with E-state index in [1.807, 2.05) is 52.8 Å². The van der Waals surface area contributed by atoms with Crippen LogP contribution >= 0.6 is 0 Å². The molecule has 0 aliphatic rings. The maximum atomic E-state index is 13.6. The number of halogens is 1. The third kappa shape index (κ3) is 5.31. The number of pyridine rings is 1. The molecule has 0 unspecified atom stereocenters. The fourth-order valence-corrected chi connectivity index (χ4v) is 3.99. The van der Waals surface area contributed by atoms with E-state index in [2.05, 4.69) is 5.32 Å². The molecular weight excluding hydrogens is 471 g/mol. The van der Waals surface area contributed by atoms with Gasteiger partial charge >= 0.3 is 5.97 Å². The summed E-state index contributed by atoms with van der Waals surface area (Å²) >= 11 is 0. The van der Waals surface area contributed by atoms with Crippen LogP contribution in [0.1, 0.15) is 61.0 Å². The quantitative estimate of drug-likeness (QED) is 0.297. The number of nitrogens with one attached hydrogen (secondary N) is 1. The fraction of sp³-hybridized carbons (Fsp3) is 0.233. The predicted octanol–water partition coefficient (Wildman–Crippen LogP) is 7.04. The monoisotopic (exact) mass is 500 g/mol. The van der Waals surface area contributed by atoms with Crippen molar-refractivity contribution in [1.82, 2.24) is 10.3 Å². The third-order valence-electron chi connectivity index (χ3n) is 5.86. The summed E-state index contributed by atoms with van der Waals surface area (Å²) in [6.07, 6.45) is 1.93. The summed E-state index contributed by atoms with van der Waals surface area (Å²) in [7, 11) is 1.53. The summed E-state index contributed by atoms with van der Waals surface area (Å²) in [6, 6.07) is 14.7. The molecular formula is C30H29FN2O4. The van der Waals surface area contributed by atoms with Crippen molar-refractivity contribution < 1.29 is 23.1 Å². The number of hydrogen-bond donors (Lipinski definition) is 1. The van der Waals surface area contributed by atoms with Crippen LogP contribution in [0.3, 0.4) is 0 Å². The van der Waals surface area contributed by atoms with Crippen LogP contribution in [-0.4, -0.2) is 29.5 Å². The van der Waals surface area contributed by atoms with Crippen LogP contribution in [0.4, 0.5) is 4.39 Å². The Bertz CT molecular complexity index is 1530. The van der Waals surface area contributed by atoms with E-state index in [0.29, 0.717) is 33.5 Å². The van der Waals surface area contributed by atoms with Crippen LogP contribution in [0.2, 0.25) is 0 Å². The molecule has 37 heavy (non-hydrogen) atoms. The Morgan fingerprint density at radius 1 is 1.05 bits per heavy atom. The molecule has 7 heteroatoms. The number of hydrogen-bond acceptors (Lipinski definition) is 5. The van der Waals surface area contributed by atoms with Crippen LogP contribution in [0.25, 0.3) is 39.1 Å². The summed E-state index contributed by atoms with van der Waals surface area (Å²) in [6.45, 7) is 9.29. The number of benzene rings is 2. The molecule has 0 radical (unpaired) electrons. The van der Waals surface area contributed by atoms with E-state index in [9.17, 15) is 14.0 Å². The minimum Gasteiger partial charge on any atom is -0.456 e. The zero-order valence-electron chi connectivity index (χ0n) is 21.7. The zero-order chi connectivity index (χ0) is 26.9. The summed E-state index contributed by atoms with van der Waals surface area (Å²) in [5.41, 5.74) is 3.91. The highest BCUT2D eigenvalue weighted by molar-refractivity contribution is 6.11. The molecule has 1 amide bonds. The van der Waals surface area contributed by atoms with Crippen LogP contribution in [0.15, 0.2) is 65.1 Å². The van der Waals surface area contributed by atoms with Crippen molar-refractivity contribution in [2.45, 2.75) is 40.2 Å². The molecule has 4 aromatic rings. The largest absolute Gasteiger partial charge is 0.456 e. The van der Waals surface area contributed by atoms with Crippen LogP contribution in [0.5, 0.6) is 0 Å². The average Bonchev–Trinajstić information content (AvgIpc) is 3.25. The molecule has 0 spiro atoms. The van der Waals surface area contributed by atoms with Crippen molar-refractivity contribution in [3.8, 4) is 22.5 Å². The van der Waals surface area contributed by atoms with Crippen molar-refractivity contribution in [3.63, 3.8) is 0 Å². The van der Waals surface area contributed by atoms with Crippen molar-refractivity contribution >= 4 is 28.5 Å². The average molecular weight is 501 g/mol. The van der Waals surface area contributed by atoms with E-state index >= 15 is 0 Å². The number of amides is 1. The van der Waals surface area contributed by atoms with Crippen LogP contribution in [0, 0.1) is 5.82 Å². The van der Waals surface area contributed by atoms with Gasteiger partial charge in [0.05, 0.1) is 22.2 Å². The molecule has 0 saturated heterocycles. The van der Waals surface area contributed by atoms with Gasteiger partial charge in [-0.05, 0) is 88.2 Å². The topological polar surface area (TPSA) is 81.4 Å². The number of esters is 1. The molecule has 2 aromatic carbocycles. The smallest absolute Gasteiger partial charge is 0.338 e. The second-order valence-corrected chi connectivity index (χ2v) is 9.68. The van der Waals surface area contributed by atoms with Gasteiger partial charge in [0, 0.05) is 18.2 Å². The highest BCUT2D eigenvalue weighted by atomic mass is 19.1. The molecule has 2 aromatic heterocycles. The Hall–Kier alpha value is -4.26.